The van der Waals surface area contributed by atoms with Crippen LogP contribution in [0.1, 0.15) is 19.4 Å². The highest BCUT2D eigenvalue weighted by molar-refractivity contribution is 6.01. The van der Waals surface area contributed by atoms with Gasteiger partial charge < -0.3 is 15.8 Å². The molecule has 114 valence electrons. The number of hydrogen-bond acceptors (Lipinski definition) is 3. The zero-order chi connectivity index (χ0) is 15.9. The molecule has 0 saturated carbocycles. The fourth-order valence-corrected chi connectivity index (χ4v) is 1.91. The number of carbonyl (C=O) groups excluding carboxylic acids is 1. The second-order valence-corrected chi connectivity index (χ2v) is 5.18. The van der Waals surface area contributed by atoms with Crippen LogP contribution in [-0.4, -0.2) is 12.0 Å². The molecule has 0 heterocycles. The minimum atomic E-state index is -0.194. The lowest BCUT2D eigenvalue weighted by Crippen LogP contribution is -2.08. The maximum absolute atomic E-state index is 11.9. The van der Waals surface area contributed by atoms with Crippen LogP contribution in [0, 0.1) is 0 Å². The topological polar surface area (TPSA) is 64.3 Å². The molecule has 0 aliphatic carbocycles. The van der Waals surface area contributed by atoms with Gasteiger partial charge >= 0.3 is 0 Å². The third-order valence-corrected chi connectivity index (χ3v) is 2.83. The Balaban J connectivity index is 1.94. The Morgan fingerprint density at radius 3 is 2.55 bits per heavy atom. The Kier molecular flexibility index (Phi) is 5.20. The number of nitrogens with one attached hydrogen (secondary N) is 1. The van der Waals surface area contributed by atoms with E-state index < -0.39 is 0 Å². The predicted octanol–water partition coefficient (Wildman–Crippen LogP) is 3.71. The van der Waals surface area contributed by atoms with Gasteiger partial charge in [0.25, 0.3) is 0 Å². The highest BCUT2D eigenvalue weighted by Crippen LogP contribution is 2.17. The molecule has 0 aliphatic rings. The largest absolute Gasteiger partial charge is 0.491 e. The second-order valence-electron chi connectivity index (χ2n) is 5.18. The number of benzene rings is 2. The summed E-state index contributed by atoms with van der Waals surface area (Å²) in [5, 5.41) is 2.79. The van der Waals surface area contributed by atoms with Gasteiger partial charge in [0.05, 0.1) is 6.10 Å². The molecule has 0 fully saturated rings. The SMILES string of the molecule is CC(C)Oc1ccc(NC(=O)/C=C/c2cccc(N)c2)cc1. The minimum Gasteiger partial charge on any atom is -0.491 e. The molecule has 4 nitrogen and oxygen atoms in total. The highest BCUT2D eigenvalue weighted by Gasteiger charge is 2.00. The van der Waals surface area contributed by atoms with E-state index in [1.807, 2.05) is 56.3 Å². The van der Waals surface area contributed by atoms with Crippen molar-refractivity contribution in [2.24, 2.45) is 0 Å². The van der Waals surface area contributed by atoms with Gasteiger partial charge in [0.15, 0.2) is 0 Å². The van der Waals surface area contributed by atoms with Gasteiger partial charge in [-0.15, -0.1) is 0 Å². The summed E-state index contributed by atoms with van der Waals surface area (Å²) in [6, 6.07) is 14.6. The molecule has 0 atom stereocenters. The molecule has 4 heteroatoms. The zero-order valence-electron chi connectivity index (χ0n) is 12.7. The molecule has 3 N–H and O–H groups in total. The molecule has 0 radical (unpaired) electrons. The van der Waals surface area contributed by atoms with E-state index in [2.05, 4.69) is 5.32 Å². The number of amides is 1. The second kappa shape index (κ2) is 7.31. The molecule has 0 aromatic heterocycles. The van der Waals surface area contributed by atoms with Crippen molar-refractivity contribution in [1.82, 2.24) is 0 Å². The minimum absolute atomic E-state index is 0.127. The molecule has 22 heavy (non-hydrogen) atoms. The smallest absolute Gasteiger partial charge is 0.248 e. The standard InChI is InChI=1S/C18H20N2O2/c1-13(2)22-17-9-7-16(8-10-17)20-18(21)11-6-14-4-3-5-15(19)12-14/h3-13H,19H2,1-2H3,(H,20,21)/b11-6+. The first kappa shape index (κ1) is 15.6. The quantitative estimate of drug-likeness (QED) is 0.653. The lowest BCUT2D eigenvalue weighted by Gasteiger charge is -2.10. The van der Waals surface area contributed by atoms with Crippen LogP contribution >= 0.6 is 0 Å². The fourth-order valence-electron chi connectivity index (χ4n) is 1.91. The lowest BCUT2D eigenvalue weighted by atomic mass is 10.2. The van der Waals surface area contributed by atoms with Crippen molar-refractivity contribution in [2.45, 2.75) is 20.0 Å². The molecule has 0 aliphatic heterocycles. The first-order valence-electron chi connectivity index (χ1n) is 7.14. The van der Waals surface area contributed by atoms with Crippen LogP contribution < -0.4 is 15.8 Å². The third kappa shape index (κ3) is 4.98. The Morgan fingerprint density at radius 2 is 1.91 bits per heavy atom. The molecule has 0 spiro atoms. The summed E-state index contributed by atoms with van der Waals surface area (Å²) in [6.45, 7) is 3.94. The van der Waals surface area contributed by atoms with E-state index in [4.69, 9.17) is 10.5 Å². The van der Waals surface area contributed by atoms with E-state index in [1.54, 1.807) is 12.1 Å². The molecule has 2 aromatic carbocycles. The molecule has 0 unspecified atom stereocenters. The van der Waals surface area contributed by atoms with Gasteiger partial charge in [-0.05, 0) is 61.9 Å². The Morgan fingerprint density at radius 1 is 1.18 bits per heavy atom. The van der Waals surface area contributed by atoms with Gasteiger partial charge in [-0.3, -0.25) is 4.79 Å². The van der Waals surface area contributed by atoms with E-state index in [0.717, 1.165) is 17.0 Å². The van der Waals surface area contributed by atoms with Crippen molar-refractivity contribution >= 4 is 23.4 Å². The Labute approximate surface area is 130 Å². The van der Waals surface area contributed by atoms with Gasteiger partial charge in [-0.25, -0.2) is 0 Å². The van der Waals surface area contributed by atoms with Crippen LogP contribution in [0.3, 0.4) is 0 Å². The number of carbonyl (C=O) groups is 1. The predicted molar refractivity (Wildman–Crippen MR) is 90.7 cm³/mol. The lowest BCUT2D eigenvalue weighted by molar-refractivity contribution is -0.111. The van der Waals surface area contributed by atoms with Crippen LogP contribution in [0.4, 0.5) is 11.4 Å². The summed E-state index contributed by atoms with van der Waals surface area (Å²) in [6.07, 6.45) is 3.33. The number of nitrogens with two attached hydrogens (primary N) is 1. The van der Waals surface area contributed by atoms with Crippen LogP contribution in [0.25, 0.3) is 6.08 Å². The van der Waals surface area contributed by atoms with Gasteiger partial charge in [0.2, 0.25) is 5.91 Å². The van der Waals surface area contributed by atoms with Crippen LogP contribution in [0.2, 0.25) is 0 Å². The number of nitrogen functional groups attached to an aromatic ring is 1. The van der Waals surface area contributed by atoms with Crippen LogP contribution in [0.15, 0.2) is 54.6 Å². The normalized spacial score (nSPS) is 10.9. The van der Waals surface area contributed by atoms with E-state index >= 15 is 0 Å². The van der Waals surface area contributed by atoms with E-state index in [1.165, 1.54) is 6.08 Å². The van der Waals surface area contributed by atoms with Crippen molar-refractivity contribution in [2.75, 3.05) is 11.1 Å². The van der Waals surface area contributed by atoms with Crippen molar-refractivity contribution in [3.63, 3.8) is 0 Å². The van der Waals surface area contributed by atoms with Gasteiger partial charge in [0, 0.05) is 17.5 Å². The maximum atomic E-state index is 11.9. The number of hydrogen-bond donors (Lipinski definition) is 2. The number of ether oxygens (including phenoxy) is 1. The molecule has 1 amide bonds. The first-order valence-corrected chi connectivity index (χ1v) is 7.14. The van der Waals surface area contributed by atoms with E-state index in [9.17, 15) is 4.79 Å². The van der Waals surface area contributed by atoms with Crippen molar-refractivity contribution in [1.29, 1.82) is 0 Å². The highest BCUT2D eigenvalue weighted by atomic mass is 16.5. The zero-order valence-corrected chi connectivity index (χ0v) is 12.7. The van der Waals surface area contributed by atoms with Gasteiger partial charge in [-0.1, -0.05) is 12.1 Å². The molecule has 2 aromatic rings. The van der Waals surface area contributed by atoms with Crippen LogP contribution in [0.5, 0.6) is 5.75 Å². The van der Waals surface area contributed by atoms with Gasteiger partial charge in [0.1, 0.15) is 5.75 Å². The summed E-state index contributed by atoms with van der Waals surface area (Å²) in [7, 11) is 0. The monoisotopic (exact) mass is 296 g/mol. The summed E-state index contributed by atoms with van der Waals surface area (Å²) in [5.41, 5.74) is 7.97. The van der Waals surface area contributed by atoms with Crippen molar-refractivity contribution < 1.29 is 9.53 Å². The number of anilines is 2. The van der Waals surface area contributed by atoms with E-state index in [-0.39, 0.29) is 12.0 Å². The number of rotatable bonds is 5. The summed E-state index contributed by atoms with van der Waals surface area (Å²) < 4.78 is 5.55. The molecule has 0 saturated heterocycles. The van der Waals surface area contributed by atoms with E-state index in [0.29, 0.717) is 5.69 Å². The maximum Gasteiger partial charge on any atom is 0.248 e. The third-order valence-electron chi connectivity index (χ3n) is 2.83. The summed E-state index contributed by atoms with van der Waals surface area (Å²) in [5.74, 6) is 0.586. The van der Waals surface area contributed by atoms with Crippen molar-refractivity contribution in [3.05, 3.63) is 60.2 Å². The molecular weight excluding hydrogens is 276 g/mol. The van der Waals surface area contributed by atoms with Crippen molar-refractivity contribution in [3.8, 4) is 5.75 Å². The van der Waals surface area contributed by atoms with Gasteiger partial charge in [-0.2, -0.15) is 0 Å². The van der Waals surface area contributed by atoms with Crippen LogP contribution in [-0.2, 0) is 4.79 Å². The first-order chi connectivity index (χ1) is 10.5. The Bertz CT molecular complexity index is 661. The Hall–Kier alpha value is -2.75. The summed E-state index contributed by atoms with van der Waals surface area (Å²) in [4.78, 5) is 11.9. The summed E-state index contributed by atoms with van der Waals surface area (Å²) >= 11 is 0. The fraction of sp³-hybridized carbons (Fsp3) is 0.167. The average molecular weight is 296 g/mol. The molecule has 0 bridgehead atoms. The average Bonchev–Trinajstić information content (AvgIpc) is 2.47. The molecular formula is C18H20N2O2. The molecule has 2 rings (SSSR count).